The van der Waals surface area contributed by atoms with Crippen LogP contribution in [0.3, 0.4) is 0 Å². The Labute approximate surface area is 112 Å². The lowest BCUT2D eigenvalue weighted by Gasteiger charge is -2.10. The van der Waals surface area contributed by atoms with Gasteiger partial charge in [0.1, 0.15) is 5.75 Å². The van der Waals surface area contributed by atoms with E-state index in [4.69, 9.17) is 4.74 Å². The fourth-order valence-electron chi connectivity index (χ4n) is 2.08. The number of hydrogen-bond acceptors (Lipinski definition) is 2. The molecular weight excluding hydrogens is 240 g/mol. The SMILES string of the molecule is COc1ccc(Cc2c(C)cccc2C(=O)O)cc1. The Morgan fingerprint density at radius 3 is 2.42 bits per heavy atom. The molecule has 3 nitrogen and oxygen atoms in total. The summed E-state index contributed by atoms with van der Waals surface area (Å²) in [5.74, 6) is -0.0841. The Bertz CT molecular complexity index is 585. The smallest absolute Gasteiger partial charge is 0.335 e. The Kier molecular flexibility index (Phi) is 3.85. The average molecular weight is 256 g/mol. The number of ether oxygens (including phenoxy) is 1. The van der Waals surface area contributed by atoms with Crippen LogP contribution in [0.15, 0.2) is 42.5 Å². The second-order valence-corrected chi connectivity index (χ2v) is 4.43. The second-order valence-electron chi connectivity index (χ2n) is 4.43. The van der Waals surface area contributed by atoms with Crippen molar-refractivity contribution in [3.05, 3.63) is 64.7 Å². The molecule has 0 unspecified atom stereocenters. The third kappa shape index (κ3) is 2.94. The first-order chi connectivity index (χ1) is 9.11. The minimum Gasteiger partial charge on any atom is -0.497 e. The van der Waals surface area contributed by atoms with Crippen LogP contribution in [0.25, 0.3) is 0 Å². The highest BCUT2D eigenvalue weighted by Gasteiger charge is 2.12. The maximum Gasteiger partial charge on any atom is 0.335 e. The van der Waals surface area contributed by atoms with E-state index in [2.05, 4.69) is 0 Å². The van der Waals surface area contributed by atoms with E-state index in [1.165, 1.54) is 0 Å². The van der Waals surface area contributed by atoms with E-state index in [9.17, 15) is 9.90 Å². The number of aryl methyl sites for hydroxylation is 1. The molecule has 2 rings (SSSR count). The van der Waals surface area contributed by atoms with Crippen LogP contribution in [0.2, 0.25) is 0 Å². The molecule has 0 radical (unpaired) electrons. The number of aromatic carboxylic acids is 1. The maximum atomic E-state index is 11.2. The van der Waals surface area contributed by atoms with E-state index in [1.807, 2.05) is 37.3 Å². The van der Waals surface area contributed by atoms with Gasteiger partial charge in [0.2, 0.25) is 0 Å². The van der Waals surface area contributed by atoms with Crippen molar-refractivity contribution in [3.63, 3.8) is 0 Å². The molecule has 19 heavy (non-hydrogen) atoms. The summed E-state index contributed by atoms with van der Waals surface area (Å²) in [4.78, 5) is 11.2. The van der Waals surface area contributed by atoms with Crippen molar-refractivity contribution in [1.82, 2.24) is 0 Å². The molecule has 1 N–H and O–H groups in total. The van der Waals surface area contributed by atoms with Crippen molar-refractivity contribution < 1.29 is 14.6 Å². The predicted molar refractivity (Wildman–Crippen MR) is 73.9 cm³/mol. The third-order valence-electron chi connectivity index (χ3n) is 3.18. The number of methoxy groups -OCH3 is 1. The van der Waals surface area contributed by atoms with Gasteiger partial charge in [-0.15, -0.1) is 0 Å². The average Bonchev–Trinajstić information content (AvgIpc) is 2.41. The summed E-state index contributed by atoms with van der Waals surface area (Å²) in [6.45, 7) is 1.94. The summed E-state index contributed by atoms with van der Waals surface area (Å²) in [5.41, 5.74) is 3.30. The van der Waals surface area contributed by atoms with Gasteiger partial charge in [-0.2, -0.15) is 0 Å². The van der Waals surface area contributed by atoms with E-state index in [0.717, 1.165) is 22.4 Å². The number of carboxylic acid groups (broad SMARTS) is 1. The third-order valence-corrected chi connectivity index (χ3v) is 3.18. The summed E-state index contributed by atoms with van der Waals surface area (Å²) in [6, 6.07) is 13.0. The molecular formula is C16H16O3. The van der Waals surface area contributed by atoms with Crippen molar-refractivity contribution >= 4 is 5.97 Å². The minimum absolute atomic E-state index is 0.371. The molecule has 0 aliphatic rings. The summed E-state index contributed by atoms with van der Waals surface area (Å²) in [7, 11) is 1.62. The largest absolute Gasteiger partial charge is 0.497 e. The van der Waals surface area contributed by atoms with Gasteiger partial charge in [0.05, 0.1) is 12.7 Å². The van der Waals surface area contributed by atoms with Crippen molar-refractivity contribution in [1.29, 1.82) is 0 Å². The molecule has 0 atom stereocenters. The van der Waals surface area contributed by atoms with E-state index in [-0.39, 0.29) is 0 Å². The number of hydrogen-bond donors (Lipinski definition) is 1. The topological polar surface area (TPSA) is 46.5 Å². The lowest BCUT2D eigenvalue weighted by molar-refractivity contribution is 0.0695. The summed E-state index contributed by atoms with van der Waals surface area (Å²) in [5, 5.41) is 9.23. The first kappa shape index (κ1) is 13.1. The van der Waals surface area contributed by atoms with Gasteiger partial charge in [0, 0.05) is 0 Å². The maximum absolute atomic E-state index is 11.2. The van der Waals surface area contributed by atoms with Crippen LogP contribution in [0.1, 0.15) is 27.0 Å². The lowest BCUT2D eigenvalue weighted by Crippen LogP contribution is -2.05. The van der Waals surface area contributed by atoms with Gasteiger partial charge in [-0.1, -0.05) is 24.3 Å². The Balaban J connectivity index is 2.34. The summed E-state index contributed by atoms with van der Waals surface area (Å²) in [6.07, 6.45) is 0.609. The van der Waals surface area contributed by atoms with Crippen LogP contribution in [0, 0.1) is 6.92 Å². The molecule has 0 saturated carbocycles. The quantitative estimate of drug-likeness (QED) is 0.913. The fraction of sp³-hybridized carbons (Fsp3) is 0.188. The monoisotopic (exact) mass is 256 g/mol. The molecule has 0 aliphatic carbocycles. The molecule has 2 aromatic rings. The number of carboxylic acids is 1. The van der Waals surface area contributed by atoms with Gasteiger partial charge in [0.15, 0.2) is 0 Å². The predicted octanol–water partition coefficient (Wildman–Crippen LogP) is 3.29. The molecule has 0 aromatic heterocycles. The number of carbonyl (C=O) groups is 1. The Morgan fingerprint density at radius 2 is 1.84 bits per heavy atom. The zero-order chi connectivity index (χ0) is 13.8. The molecule has 0 fully saturated rings. The van der Waals surface area contributed by atoms with Crippen molar-refractivity contribution in [2.75, 3.05) is 7.11 Å². The highest BCUT2D eigenvalue weighted by Crippen LogP contribution is 2.20. The normalized spacial score (nSPS) is 10.2. The van der Waals surface area contributed by atoms with Gasteiger partial charge in [-0.05, 0) is 48.2 Å². The second kappa shape index (κ2) is 5.57. The summed E-state index contributed by atoms with van der Waals surface area (Å²) >= 11 is 0. The van der Waals surface area contributed by atoms with E-state index < -0.39 is 5.97 Å². The Morgan fingerprint density at radius 1 is 1.16 bits per heavy atom. The fourth-order valence-corrected chi connectivity index (χ4v) is 2.08. The van der Waals surface area contributed by atoms with E-state index in [0.29, 0.717) is 12.0 Å². The van der Waals surface area contributed by atoms with Crippen LogP contribution in [-0.2, 0) is 6.42 Å². The molecule has 0 heterocycles. The molecule has 0 aliphatic heterocycles. The van der Waals surface area contributed by atoms with Crippen molar-refractivity contribution in [3.8, 4) is 5.75 Å². The number of rotatable bonds is 4. The van der Waals surface area contributed by atoms with Crippen LogP contribution in [0.4, 0.5) is 0 Å². The highest BCUT2D eigenvalue weighted by atomic mass is 16.5. The van der Waals surface area contributed by atoms with Gasteiger partial charge >= 0.3 is 5.97 Å². The molecule has 98 valence electrons. The number of benzene rings is 2. The molecule has 3 heteroatoms. The van der Waals surface area contributed by atoms with Gasteiger partial charge in [-0.3, -0.25) is 0 Å². The molecule has 0 spiro atoms. The van der Waals surface area contributed by atoms with Gasteiger partial charge < -0.3 is 9.84 Å². The van der Waals surface area contributed by atoms with E-state index in [1.54, 1.807) is 19.2 Å². The van der Waals surface area contributed by atoms with E-state index >= 15 is 0 Å². The molecule has 2 aromatic carbocycles. The van der Waals surface area contributed by atoms with Crippen molar-refractivity contribution in [2.24, 2.45) is 0 Å². The van der Waals surface area contributed by atoms with Crippen LogP contribution in [0.5, 0.6) is 5.75 Å². The van der Waals surface area contributed by atoms with Gasteiger partial charge in [0.25, 0.3) is 0 Å². The van der Waals surface area contributed by atoms with Crippen molar-refractivity contribution in [2.45, 2.75) is 13.3 Å². The van der Waals surface area contributed by atoms with Crippen LogP contribution in [-0.4, -0.2) is 18.2 Å². The molecule has 0 bridgehead atoms. The highest BCUT2D eigenvalue weighted by molar-refractivity contribution is 5.90. The zero-order valence-corrected chi connectivity index (χ0v) is 11.0. The van der Waals surface area contributed by atoms with Crippen LogP contribution < -0.4 is 4.74 Å². The summed E-state index contributed by atoms with van der Waals surface area (Å²) < 4.78 is 5.11. The zero-order valence-electron chi connectivity index (χ0n) is 11.0. The first-order valence-corrected chi connectivity index (χ1v) is 6.06. The van der Waals surface area contributed by atoms with Gasteiger partial charge in [-0.25, -0.2) is 4.79 Å². The lowest BCUT2D eigenvalue weighted by atomic mass is 9.95. The van der Waals surface area contributed by atoms with Crippen LogP contribution >= 0.6 is 0 Å². The Hall–Kier alpha value is -2.29. The standard InChI is InChI=1S/C16H16O3/c1-11-4-3-5-14(16(17)18)15(11)10-12-6-8-13(19-2)9-7-12/h3-9H,10H2,1-2H3,(H,17,18). The minimum atomic E-state index is -0.882. The first-order valence-electron chi connectivity index (χ1n) is 6.06. The molecule has 0 amide bonds. The molecule has 0 saturated heterocycles.